The van der Waals surface area contributed by atoms with Crippen LogP contribution in [-0.2, 0) is 4.43 Å². The molecule has 0 saturated heterocycles. The number of aryl methyl sites for hydroxylation is 1. The lowest BCUT2D eigenvalue weighted by Crippen LogP contribution is -2.67. The van der Waals surface area contributed by atoms with Crippen molar-refractivity contribution in [2.24, 2.45) is 0 Å². The fourth-order valence-electron chi connectivity index (χ4n) is 4.30. The van der Waals surface area contributed by atoms with E-state index in [1.165, 1.54) is 10.4 Å². The highest BCUT2D eigenvalue weighted by Gasteiger charge is 2.51. The highest BCUT2D eigenvalue weighted by atomic mass is 35.5. The van der Waals surface area contributed by atoms with Crippen molar-refractivity contribution in [1.82, 2.24) is 4.98 Å². The van der Waals surface area contributed by atoms with Crippen molar-refractivity contribution in [3.05, 3.63) is 93.4 Å². The number of halogens is 1. The maximum absolute atomic E-state index is 9.49. The zero-order valence-corrected chi connectivity index (χ0v) is 23.2. The number of hydrogen-bond donors (Lipinski definition) is 1. The van der Waals surface area contributed by atoms with Gasteiger partial charge in [0.05, 0.1) is 23.4 Å². The van der Waals surface area contributed by atoms with Crippen LogP contribution in [0.25, 0.3) is 6.08 Å². The van der Waals surface area contributed by atoms with E-state index in [9.17, 15) is 5.11 Å². The van der Waals surface area contributed by atoms with E-state index in [0.29, 0.717) is 11.5 Å². The molecule has 0 bridgehead atoms. The molecule has 0 unspecified atom stereocenters. The van der Waals surface area contributed by atoms with E-state index in [4.69, 9.17) is 16.0 Å². The number of benzene rings is 2. The van der Waals surface area contributed by atoms with Gasteiger partial charge in [0.25, 0.3) is 8.32 Å². The van der Waals surface area contributed by atoms with Crippen molar-refractivity contribution in [3.8, 4) is 0 Å². The largest absolute Gasteiger partial charge is 0.400 e. The highest BCUT2D eigenvalue weighted by Crippen LogP contribution is 2.39. The molecule has 0 aliphatic heterocycles. The van der Waals surface area contributed by atoms with Crippen molar-refractivity contribution in [3.63, 3.8) is 0 Å². The van der Waals surface area contributed by atoms with E-state index >= 15 is 0 Å². The number of nitrogens with zero attached hydrogens (tertiary/aromatic N) is 1. The number of aromatic nitrogens is 1. The van der Waals surface area contributed by atoms with Crippen molar-refractivity contribution in [2.75, 3.05) is 6.61 Å². The van der Waals surface area contributed by atoms with E-state index in [1.807, 2.05) is 25.1 Å². The maximum Gasteiger partial charge on any atom is 0.261 e. The molecule has 2 aromatic carbocycles. The second kappa shape index (κ2) is 11.6. The van der Waals surface area contributed by atoms with Crippen LogP contribution in [0.1, 0.15) is 44.8 Å². The summed E-state index contributed by atoms with van der Waals surface area (Å²) in [5, 5.41) is 15.3. The number of rotatable bonds is 9. The fourth-order valence-corrected chi connectivity index (χ4v) is 9.69. The molecule has 0 spiro atoms. The molecule has 0 saturated carbocycles. The Morgan fingerprint density at radius 2 is 1.65 bits per heavy atom. The molecular formula is C28H34ClNO2SSi. The molecule has 1 N–H and O–H groups in total. The van der Waals surface area contributed by atoms with Crippen LogP contribution >= 0.6 is 22.9 Å². The number of aliphatic hydroxyl groups is 1. The molecule has 0 radical (unpaired) electrons. The summed E-state index contributed by atoms with van der Waals surface area (Å²) in [5.41, 5.74) is 2.02. The third-order valence-electron chi connectivity index (χ3n) is 5.96. The van der Waals surface area contributed by atoms with E-state index in [0.717, 1.165) is 16.3 Å². The van der Waals surface area contributed by atoms with Gasteiger partial charge in [-0.2, -0.15) is 0 Å². The molecule has 1 atom stereocenters. The summed E-state index contributed by atoms with van der Waals surface area (Å²) < 4.78 is 7.37. The summed E-state index contributed by atoms with van der Waals surface area (Å²) in [6.45, 7) is 10.7. The lowest BCUT2D eigenvalue weighted by molar-refractivity contribution is 0.225. The van der Waals surface area contributed by atoms with Crippen LogP contribution < -0.4 is 10.4 Å². The zero-order chi connectivity index (χ0) is 24.8. The Hall–Kier alpha value is -2.02. The molecule has 180 valence electrons. The van der Waals surface area contributed by atoms with Crippen molar-refractivity contribution >= 4 is 47.7 Å². The van der Waals surface area contributed by atoms with Gasteiger partial charge in [0, 0.05) is 10.4 Å². The van der Waals surface area contributed by atoms with E-state index in [1.54, 1.807) is 11.3 Å². The van der Waals surface area contributed by atoms with Gasteiger partial charge in [0.15, 0.2) is 0 Å². The quantitative estimate of drug-likeness (QED) is 0.342. The van der Waals surface area contributed by atoms with E-state index in [-0.39, 0.29) is 17.7 Å². The zero-order valence-electron chi connectivity index (χ0n) is 20.6. The van der Waals surface area contributed by atoms with E-state index < -0.39 is 8.32 Å². The van der Waals surface area contributed by atoms with Gasteiger partial charge in [-0.15, -0.1) is 11.3 Å². The first-order chi connectivity index (χ1) is 16.2. The average molecular weight is 512 g/mol. The van der Waals surface area contributed by atoms with Gasteiger partial charge >= 0.3 is 0 Å². The van der Waals surface area contributed by atoms with Gasteiger partial charge in [-0.3, -0.25) is 0 Å². The molecule has 1 aromatic heterocycles. The Morgan fingerprint density at radius 3 is 2.09 bits per heavy atom. The lowest BCUT2D eigenvalue weighted by atomic mass is 10.1. The molecule has 0 fully saturated rings. The average Bonchev–Trinajstić information content (AvgIpc) is 3.23. The van der Waals surface area contributed by atoms with Crippen LogP contribution in [0.5, 0.6) is 0 Å². The van der Waals surface area contributed by atoms with Crippen LogP contribution in [0.15, 0.2) is 82.7 Å². The topological polar surface area (TPSA) is 42.4 Å². The minimum atomic E-state index is -2.76. The molecular weight excluding hydrogens is 478 g/mol. The third kappa shape index (κ3) is 6.15. The van der Waals surface area contributed by atoms with E-state index in [2.05, 4.69) is 92.7 Å². The molecule has 3 aromatic rings. The minimum absolute atomic E-state index is 0.143. The molecule has 3 rings (SSSR count). The minimum Gasteiger partial charge on any atom is -0.400 e. The fraction of sp³-hybridized carbons (Fsp3) is 0.321. The summed E-state index contributed by atoms with van der Waals surface area (Å²) in [6.07, 6.45) is 4.31. The molecule has 3 nitrogen and oxygen atoms in total. The monoisotopic (exact) mass is 511 g/mol. The van der Waals surface area contributed by atoms with Gasteiger partial charge in [-0.1, -0.05) is 99.1 Å². The molecule has 6 heteroatoms. The number of thiazole rings is 1. The van der Waals surface area contributed by atoms with Crippen molar-refractivity contribution in [1.29, 1.82) is 0 Å². The molecule has 0 amide bonds. The predicted octanol–water partition coefficient (Wildman–Crippen LogP) is 6.31. The van der Waals surface area contributed by atoms with Crippen LogP contribution in [-0.4, -0.2) is 31.1 Å². The Morgan fingerprint density at radius 1 is 1.09 bits per heavy atom. The summed E-state index contributed by atoms with van der Waals surface area (Å²) in [7, 11) is -2.76. The van der Waals surface area contributed by atoms with Gasteiger partial charge in [-0.25, -0.2) is 4.98 Å². The SMILES string of the molecule is C/C(=C\c1csc(C)n1)[C@H](C/C=C(/Cl)CO)O[Si](c1ccccc1)(c1ccccc1)C(C)(C)C. The normalized spacial score (nSPS) is 14.3. The van der Waals surface area contributed by atoms with Gasteiger partial charge in [0.2, 0.25) is 0 Å². The van der Waals surface area contributed by atoms with Crippen molar-refractivity contribution in [2.45, 2.75) is 52.2 Å². The van der Waals surface area contributed by atoms with Gasteiger partial charge in [-0.05, 0) is 47.3 Å². The van der Waals surface area contributed by atoms with Crippen molar-refractivity contribution < 1.29 is 9.53 Å². The van der Waals surface area contributed by atoms with Crippen LogP contribution in [0.3, 0.4) is 0 Å². The maximum atomic E-state index is 9.49. The first-order valence-electron chi connectivity index (χ1n) is 11.5. The summed E-state index contributed by atoms with van der Waals surface area (Å²) in [4.78, 5) is 4.62. The molecule has 1 heterocycles. The summed E-state index contributed by atoms with van der Waals surface area (Å²) in [5.74, 6) is 0. The Labute approximate surface area is 213 Å². The molecule has 0 aliphatic carbocycles. The number of aliphatic hydroxyl groups excluding tert-OH is 1. The lowest BCUT2D eigenvalue weighted by Gasteiger charge is -2.45. The number of hydrogen-bond acceptors (Lipinski definition) is 4. The summed E-state index contributed by atoms with van der Waals surface area (Å²) >= 11 is 7.85. The second-order valence-electron chi connectivity index (χ2n) is 9.49. The van der Waals surface area contributed by atoms with Gasteiger partial charge < -0.3 is 9.53 Å². The molecule has 34 heavy (non-hydrogen) atoms. The first-order valence-corrected chi connectivity index (χ1v) is 14.7. The van der Waals surface area contributed by atoms with Gasteiger partial charge in [0.1, 0.15) is 0 Å². The van der Waals surface area contributed by atoms with Crippen LogP contribution in [0, 0.1) is 6.92 Å². The van der Waals surface area contributed by atoms with Crippen LogP contribution in [0.2, 0.25) is 5.04 Å². The second-order valence-corrected chi connectivity index (χ2v) is 15.3. The first kappa shape index (κ1) is 26.6. The van der Waals surface area contributed by atoms with Crippen LogP contribution in [0.4, 0.5) is 0 Å². The smallest absolute Gasteiger partial charge is 0.261 e. The summed E-state index contributed by atoms with van der Waals surface area (Å²) in [6, 6.07) is 21.2. The Bertz CT molecular complexity index is 1080. The highest BCUT2D eigenvalue weighted by molar-refractivity contribution is 7.09. The Kier molecular flexibility index (Phi) is 9.07. The predicted molar refractivity (Wildman–Crippen MR) is 149 cm³/mol. The molecule has 0 aliphatic rings. The standard InChI is InChI=1S/C28H34ClNO2SSi/c1-21(18-24-20-33-22(2)30-24)27(17-16-23(29)19-31)32-34(28(3,4)5,25-12-8-6-9-13-25)26-14-10-7-11-15-26/h6-16,18,20,27,31H,17,19H2,1-5H3/b21-18+,23-16+/t27-/m0/s1. The third-order valence-corrected chi connectivity index (χ3v) is 12.1. The Balaban J connectivity index is 2.18.